The molecule has 0 aromatic heterocycles. The Hall–Kier alpha value is -1.59. The van der Waals surface area contributed by atoms with Crippen LogP contribution in [0.4, 0.5) is 0 Å². The van der Waals surface area contributed by atoms with Crippen molar-refractivity contribution in [1.82, 2.24) is 0 Å². The number of carbonyl (C=O) groups excluding carboxylic acids is 3. The first-order valence-corrected chi connectivity index (χ1v) is 24.6. The third-order valence-corrected chi connectivity index (χ3v) is 11.5. The highest BCUT2D eigenvalue weighted by molar-refractivity contribution is 5.71. The predicted octanol–water partition coefficient (Wildman–Crippen LogP) is 15.6. The van der Waals surface area contributed by atoms with Gasteiger partial charge in [0.25, 0.3) is 0 Å². The Morgan fingerprint density at radius 1 is 0.357 bits per heavy atom. The summed E-state index contributed by atoms with van der Waals surface area (Å²) < 4.78 is 16.7. The van der Waals surface area contributed by atoms with Crippen molar-refractivity contribution < 1.29 is 28.6 Å². The quantitative estimate of drug-likeness (QED) is 0.0348. The van der Waals surface area contributed by atoms with E-state index in [1.54, 1.807) is 0 Å². The van der Waals surface area contributed by atoms with Crippen LogP contribution in [-0.4, -0.2) is 37.2 Å². The number of ether oxygens (including phenoxy) is 3. The largest absolute Gasteiger partial charge is 0.462 e. The molecule has 6 heteroatoms. The van der Waals surface area contributed by atoms with Crippen molar-refractivity contribution in [2.75, 3.05) is 13.2 Å². The van der Waals surface area contributed by atoms with Gasteiger partial charge in [-0.3, -0.25) is 14.4 Å². The second-order valence-corrected chi connectivity index (χ2v) is 18.3. The standard InChI is InChI=1S/C50H96O6/c1-7-46(6)38-32-26-19-16-17-21-28-34-40-49(52)55-43-47(56-50(53)41-35-29-23-22-25-31-37-45(4)5)42-54-48(51)39-33-27-20-15-13-11-9-8-10-12-14-18-24-30-36-44(2)3/h44-47H,7-43H2,1-6H3/t46?,47-/m0/s1. The van der Waals surface area contributed by atoms with Gasteiger partial charge in [-0.15, -0.1) is 0 Å². The topological polar surface area (TPSA) is 78.9 Å². The fraction of sp³-hybridized carbons (Fsp3) is 0.940. The normalized spacial score (nSPS) is 12.6. The Balaban J connectivity index is 4.26. The van der Waals surface area contributed by atoms with Crippen molar-refractivity contribution in [3.63, 3.8) is 0 Å². The molecule has 0 aromatic carbocycles. The Labute approximate surface area is 348 Å². The molecule has 0 aliphatic heterocycles. The summed E-state index contributed by atoms with van der Waals surface area (Å²) in [6.07, 6.45) is 39.6. The number of carbonyl (C=O) groups is 3. The van der Waals surface area contributed by atoms with E-state index in [4.69, 9.17) is 14.2 Å². The van der Waals surface area contributed by atoms with Crippen molar-refractivity contribution in [1.29, 1.82) is 0 Å². The van der Waals surface area contributed by atoms with E-state index in [0.717, 1.165) is 75.5 Å². The zero-order valence-electron chi connectivity index (χ0n) is 38.4. The summed E-state index contributed by atoms with van der Waals surface area (Å²) in [4.78, 5) is 37.8. The molecule has 0 amide bonds. The predicted molar refractivity (Wildman–Crippen MR) is 238 cm³/mol. The van der Waals surface area contributed by atoms with Crippen LogP contribution in [0.2, 0.25) is 0 Å². The average molecular weight is 793 g/mol. The maximum Gasteiger partial charge on any atom is 0.306 e. The molecule has 0 aliphatic carbocycles. The summed E-state index contributed by atoms with van der Waals surface area (Å²) in [6, 6.07) is 0. The van der Waals surface area contributed by atoms with Crippen LogP contribution in [0.5, 0.6) is 0 Å². The van der Waals surface area contributed by atoms with E-state index in [0.29, 0.717) is 19.3 Å². The summed E-state index contributed by atoms with van der Waals surface area (Å²) in [5.74, 6) is 1.59. The number of hydrogen-bond acceptors (Lipinski definition) is 6. The molecule has 332 valence electrons. The van der Waals surface area contributed by atoms with Crippen molar-refractivity contribution in [3.8, 4) is 0 Å². The highest BCUT2D eigenvalue weighted by atomic mass is 16.6. The Bertz CT molecular complexity index is 870. The monoisotopic (exact) mass is 793 g/mol. The second kappa shape index (κ2) is 41.6. The molecule has 2 atom stereocenters. The Kier molecular flexibility index (Phi) is 40.4. The van der Waals surface area contributed by atoms with Crippen LogP contribution in [0.1, 0.15) is 266 Å². The van der Waals surface area contributed by atoms with Gasteiger partial charge in [0, 0.05) is 19.3 Å². The highest BCUT2D eigenvalue weighted by Crippen LogP contribution is 2.18. The minimum Gasteiger partial charge on any atom is -0.462 e. The third kappa shape index (κ3) is 42.0. The van der Waals surface area contributed by atoms with E-state index >= 15 is 0 Å². The number of rotatable bonds is 43. The highest BCUT2D eigenvalue weighted by Gasteiger charge is 2.19. The van der Waals surface area contributed by atoms with E-state index in [1.165, 1.54) is 148 Å². The molecule has 56 heavy (non-hydrogen) atoms. The first-order chi connectivity index (χ1) is 27.1. The molecule has 0 N–H and O–H groups in total. The first-order valence-electron chi connectivity index (χ1n) is 24.6. The summed E-state index contributed by atoms with van der Waals surface area (Å²) in [5.41, 5.74) is 0. The van der Waals surface area contributed by atoms with Crippen LogP contribution in [-0.2, 0) is 28.6 Å². The molecule has 0 spiro atoms. The number of unbranched alkanes of at least 4 members (excludes halogenated alkanes) is 25. The molecule has 0 radical (unpaired) electrons. The molecular formula is C50H96O6. The second-order valence-electron chi connectivity index (χ2n) is 18.3. The molecule has 0 aliphatic rings. The average Bonchev–Trinajstić information content (AvgIpc) is 3.16. The fourth-order valence-corrected chi connectivity index (χ4v) is 7.38. The maximum absolute atomic E-state index is 12.7. The molecule has 0 bridgehead atoms. The van der Waals surface area contributed by atoms with Crippen LogP contribution >= 0.6 is 0 Å². The number of esters is 3. The van der Waals surface area contributed by atoms with Gasteiger partial charge in [0.2, 0.25) is 0 Å². The van der Waals surface area contributed by atoms with Crippen LogP contribution in [0.25, 0.3) is 0 Å². The van der Waals surface area contributed by atoms with E-state index in [9.17, 15) is 14.4 Å². The molecule has 0 heterocycles. The van der Waals surface area contributed by atoms with Crippen molar-refractivity contribution in [2.24, 2.45) is 17.8 Å². The van der Waals surface area contributed by atoms with Crippen LogP contribution in [0.3, 0.4) is 0 Å². The maximum atomic E-state index is 12.7. The summed E-state index contributed by atoms with van der Waals surface area (Å²) in [6.45, 7) is 13.6. The zero-order valence-corrected chi connectivity index (χ0v) is 38.4. The van der Waals surface area contributed by atoms with Crippen molar-refractivity contribution in [3.05, 3.63) is 0 Å². The SMILES string of the molecule is CCC(C)CCCCCCCCCCC(=O)OC[C@H](COC(=O)CCCCCCCCCCCCCCCCC(C)C)OC(=O)CCCCCCCCC(C)C. The molecule has 0 saturated carbocycles. The summed E-state index contributed by atoms with van der Waals surface area (Å²) >= 11 is 0. The third-order valence-electron chi connectivity index (χ3n) is 11.5. The van der Waals surface area contributed by atoms with Crippen molar-refractivity contribution in [2.45, 2.75) is 272 Å². The molecule has 6 nitrogen and oxygen atoms in total. The van der Waals surface area contributed by atoms with Gasteiger partial charge in [0.05, 0.1) is 0 Å². The van der Waals surface area contributed by atoms with Gasteiger partial charge in [-0.1, -0.05) is 228 Å². The van der Waals surface area contributed by atoms with Gasteiger partial charge in [-0.2, -0.15) is 0 Å². The van der Waals surface area contributed by atoms with Gasteiger partial charge < -0.3 is 14.2 Å². The van der Waals surface area contributed by atoms with E-state index in [-0.39, 0.29) is 31.1 Å². The molecule has 0 saturated heterocycles. The van der Waals surface area contributed by atoms with E-state index in [2.05, 4.69) is 41.5 Å². The molecular weight excluding hydrogens is 697 g/mol. The van der Waals surface area contributed by atoms with Crippen LogP contribution < -0.4 is 0 Å². The lowest BCUT2D eigenvalue weighted by atomic mass is 9.99. The minimum atomic E-state index is -0.763. The van der Waals surface area contributed by atoms with Crippen molar-refractivity contribution >= 4 is 17.9 Å². The van der Waals surface area contributed by atoms with Gasteiger partial charge in [0.15, 0.2) is 6.10 Å². The summed E-state index contributed by atoms with van der Waals surface area (Å²) in [5, 5.41) is 0. The lowest BCUT2D eigenvalue weighted by Gasteiger charge is -2.18. The lowest BCUT2D eigenvalue weighted by molar-refractivity contribution is -0.167. The lowest BCUT2D eigenvalue weighted by Crippen LogP contribution is -2.30. The van der Waals surface area contributed by atoms with Gasteiger partial charge >= 0.3 is 17.9 Å². The zero-order chi connectivity index (χ0) is 41.3. The molecule has 0 fully saturated rings. The van der Waals surface area contributed by atoms with E-state index in [1.807, 2.05) is 0 Å². The van der Waals surface area contributed by atoms with Gasteiger partial charge in [0.1, 0.15) is 13.2 Å². The Morgan fingerprint density at radius 2 is 0.625 bits per heavy atom. The van der Waals surface area contributed by atoms with Crippen LogP contribution in [0.15, 0.2) is 0 Å². The fourth-order valence-electron chi connectivity index (χ4n) is 7.38. The van der Waals surface area contributed by atoms with E-state index < -0.39 is 6.10 Å². The van der Waals surface area contributed by atoms with Gasteiger partial charge in [-0.25, -0.2) is 0 Å². The summed E-state index contributed by atoms with van der Waals surface area (Å²) in [7, 11) is 0. The Morgan fingerprint density at radius 3 is 0.929 bits per heavy atom. The minimum absolute atomic E-state index is 0.0663. The molecule has 0 aromatic rings. The number of hydrogen-bond donors (Lipinski definition) is 0. The smallest absolute Gasteiger partial charge is 0.306 e. The first kappa shape index (κ1) is 54.4. The molecule has 1 unspecified atom stereocenters. The molecule has 0 rings (SSSR count). The van der Waals surface area contributed by atoms with Gasteiger partial charge in [-0.05, 0) is 37.0 Å². The van der Waals surface area contributed by atoms with Crippen LogP contribution in [0, 0.1) is 17.8 Å².